The van der Waals surface area contributed by atoms with Crippen LogP contribution in [0.4, 0.5) is 0 Å². The molecule has 1 aliphatic heterocycles. The highest BCUT2D eigenvalue weighted by Gasteiger charge is 2.12. The zero-order chi connectivity index (χ0) is 12.0. The molecule has 0 bridgehead atoms. The van der Waals surface area contributed by atoms with Crippen molar-refractivity contribution < 1.29 is 13.2 Å². The number of hydrogen-bond donors (Lipinski definition) is 2. The van der Waals surface area contributed by atoms with Gasteiger partial charge >= 0.3 is 0 Å². The number of hydrogen-bond acceptors (Lipinski definition) is 5. The molecule has 1 fully saturated rings. The number of sulfone groups is 1. The molecule has 1 rings (SSSR count). The van der Waals surface area contributed by atoms with Crippen LogP contribution in [0.5, 0.6) is 0 Å². The third-order valence-electron chi connectivity index (χ3n) is 2.35. The first-order valence-corrected chi connectivity index (χ1v) is 7.41. The minimum atomic E-state index is -3.21. The number of piperazine rings is 1. The van der Waals surface area contributed by atoms with Crippen LogP contribution in [-0.2, 0) is 14.6 Å². The lowest BCUT2D eigenvalue weighted by Gasteiger charge is -2.27. The Kier molecular flexibility index (Phi) is 5.17. The summed E-state index contributed by atoms with van der Waals surface area (Å²) in [5.41, 5.74) is 0. The van der Waals surface area contributed by atoms with Crippen molar-refractivity contribution in [2.45, 2.75) is 0 Å². The molecule has 0 aliphatic carbocycles. The highest BCUT2D eigenvalue weighted by Crippen LogP contribution is 1.90. The van der Waals surface area contributed by atoms with Crippen molar-refractivity contribution in [3.63, 3.8) is 0 Å². The van der Waals surface area contributed by atoms with E-state index in [0.29, 0.717) is 6.54 Å². The number of rotatable bonds is 5. The van der Waals surface area contributed by atoms with E-state index in [0.717, 1.165) is 39.0 Å². The van der Waals surface area contributed by atoms with Crippen molar-refractivity contribution in [3.05, 3.63) is 0 Å². The Bertz CT molecular complexity index is 323. The molecule has 0 radical (unpaired) electrons. The fraction of sp³-hybridized carbons (Fsp3) is 0.889. The number of amides is 1. The van der Waals surface area contributed by atoms with E-state index in [1.807, 2.05) is 0 Å². The topological polar surface area (TPSA) is 78.5 Å². The molecular weight excluding hydrogens is 230 g/mol. The lowest BCUT2D eigenvalue weighted by molar-refractivity contribution is -0.118. The second-order valence-corrected chi connectivity index (χ2v) is 6.15. The summed E-state index contributed by atoms with van der Waals surface area (Å²) in [4.78, 5) is 13.4. The average molecular weight is 249 g/mol. The van der Waals surface area contributed by atoms with Gasteiger partial charge < -0.3 is 10.6 Å². The van der Waals surface area contributed by atoms with E-state index in [1.165, 1.54) is 0 Å². The minimum Gasteiger partial charge on any atom is -0.354 e. The predicted molar refractivity (Wildman–Crippen MR) is 62.0 cm³/mol. The van der Waals surface area contributed by atoms with Gasteiger partial charge in [0.1, 0.15) is 5.75 Å². The predicted octanol–water partition coefficient (Wildman–Crippen LogP) is -1.95. The maximum absolute atomic E-state index is 11.2. The Morgan fingerprint density at radius 3 is 2.56 bits per heavy atom. The fourth-order valence-corrected chi connectivity index (χ4v) is 2.16. The molecule has 1 heterocycles. The standard InChI is InChI=1S/C9H19N3O3S/c1-16(14,15)8-9(13)11-4-7-12-5-2-10-3-6-12/h10H,2-8H2,1H3,(H,11,13). The Balaban J connectivity index is 2.12. The summed E-state index contributed by atoms with van der Waals surface area (Å²) in [5.74, 6) is -0.841. The zero-order valence-electron chi connectivity index (χ0n) is 9.53. The van der Waals surface area contributed by atoms with Crippen LogP contribution in [-0.4, -0.2) is 70.5 Å². The van der Waals surface area contributed by atoms with Gasteiger partial charge in [0.05, 0.1) is 0 Å². The monoisotopic (exact) mass is 249 g/mol. The summed E-state index contributed by atoms with van der Waals surface area (Å²) in [6.45, 7) is 5.17. The number of nitrogens with one attached hydrogen (secondary N) is 2. The second kappa shape index (κ2) is 6.17. The van der Waals surface area contributed by atoms with Crippen LogP contribution in [0, 0.1) is 0 Å². The zero-order valence-corrected chi connectivity index (χ0v) is 10.3. The molecule has 94 valence electrons. The molecule has 6 nitrogen and oxygen atoms in total. The fourth-order valence-electron chi connectivity index (χ4n) is 1.58. The Hall–Kier alpha value is -0.660. The molecule has 0 unspecified atom stereocenters. The van der Waals surface area contributed by atoms with Gasteiger partial charge in [0, 0.05) is 45.5 Å². The van der Waals surface area contributed by atoms with Gasteiger partial charge in [0.2, 0.25) is 5.91 Å². The van der Waals surface area contributed by atoms with Crippen LogP contribution in [0.3, 0.4) is 0 Å². The molecule has 0 aromatic heterocycles. The van der Waals surface area contributed by atoms with E-state index in [2.05, 4.69) is 15.5 Å². The summed E-state index contributed by atoms with van der Waals surface area (Å²) in [6.07, 6.45) is 1.06. The lowest BCUT2D eigenvalue weighted by atomic mass is 10.3. The number of carbonyl (C=O) groups excluding carboxylic acids is 1. The minimum absolute atomic E-state index is 0.419. The van der Waals surface area contributed by atoms with E-state index in [9.17, 15) is 13.2 Å². The molecule has 1 saturated heterocycles. The van der Waals surface area contributed by atoms with Gasteiger partial charge in [-0.05, 0) is 0 Å². The highest BCUT2D eigenvalue weighted by molar-refractivity contribution is 7.91. The van der Waals surface area contributed by atoms with Gasteiger partial charge in [-0.15, -0.1) is 0 Å². The van der Waals surface area contributed by atoms with E-state index in [4.69, 9.17) is 0 Å². The normalized spacial score (nSPS) is 18.3. The van der Waals surface area contributed by atoms with Crippen LogP contribution in [0.25, 0.3) is 0 Å². The van der Waals surface area contributed by atoms with E-state index >= 15 is 0 Å². The molecule has 7 heteroatoms. The second-order valence-electron chi connectivity index (χ2n) is 4.01. The van der Waals surface area contributed by atoms with Crippen molar-refractivity contribution in [1.29, 1.82) is 0 Å². The summed E-state index contributed by atoms with van der Waals surface area (Å²) in [5, 5.41) is 5.84. The van der Waals surface area contributed by atoms with Gasteiger partial charge in [0.25, 0.3) is 0 Å². The molecule has 0 spiro atoms. The summed E-state index contributed by atoms with van der Waals surface area (Å²) in [7, 11) is -3.21. The van der Waals surface area contributed by atoms with E-state index in [1.54, 1.807) is 0 Å². The molecular formula is C9H19N3O3S. The van der Waals surface area contributed by atoms with E-state index < -0.39 is 21.5 Å². The largest absolute Gasteiger partial charge is 0.354 e. The highest BCUT2D eigenvalue weighted by atomic mass is 32.2. The van der Waals surface area contributed by atoms with Gasteiger partial charge in [-0.3, -0.25) is 9.69 Å². The van der Waals surface area contributed by atoms with Crippen LogP contribution in [0.1, 0.15) is 0 Å². The third kappa shape index (κ3) is 6.04. The quantitative estimate of drug-likeness (QED) is 0.592. The van der Waals surface area contributed by atoms with Crippen LogP contribution < -0.4 is 10.6 Å². The Morgan fingerprint density at radius 1 is 1.38 bits per heavy atom. The molecule has 1 aliphatic rings. The smallest absolute Gasteiger partial charge is 0.235 e. The summed E-state index contributed by atoms with van der Waals surface area (Å²) in [6, 6.07) is 0. The number of nitrogens with zero attached hydrogens (tertiary/aromatic N) is 1. The van der Waals surface area contributed by atoms with Crippen molar-refractivity contribution in [3.8, 4) is 0 Å². The van der Waals surface area contributed by atoms with Gasteiger partial charge in [-0.25, -0.2) is 8.42 Å². The molecule has 0 saturated carbocycles. The van der Waals surface area contributed by atoms with Crippen LogP contribution in [0.2, 0.25) is 0 Å². The SMILES string of the molecule is CS(=O)(=O)CC(=O)NCCN1CCNCC1. The third-order valence-corrected chi connectivity index (χ3v) is 3.14. The Morgan fingerprint density at radius 2 is 2.00 bits per heavy atom. The maximum Gasteiger partial charge on any atom is 0.235 e. The average Bonchev–Trinajstić information content (AvgIpc) is 2.16. The Labute approximate surface area is 96.3 Å². The molecule has 0 aromatic carbocycles. The molecule has 0 atom stereocenters. The lowest BCUT2D eigenvalue weighted by Crippen LogP contribution is -2.46. The van der Waals surface area contributed by atoms with Gasteiger partial charge in [-0.1, -0.05) is 0 Å². The van der Waals surface area contributed by atoms with Crippen molar-refractivity contribution in [2.24, 2.45) is 0 Å². The van der Waals surface area contributed by atoms with Crippen LogP contribution >= 0.6 is 0 Å². The first-order valence-electron chi connectivity index (χ1n) is 5.35. The molecule has 1 amide bonds. The van der Waals surface area contributed by atoms with Crippen LogP contribution in [0.15, 0.2) is 0 Å². The molecule has 2 N–H and O–H groups in total. The number of carbonyl (C=O) groups is 1. The molecule has 0 aromatic rings. The van der Waals surface area contributed by atoms with Gasteiger partial charge in [-0.2, -0.15) is 0 Å². The van der Waals surface area contributed by atoms with Gasteiger partial charge in [0.15, 0.2) is 9.84 Å². The summed E-state index contributed by atoms with van der Waals surface area (Å²) >= 11 is 0. The maximum atomic E-state index is 11.2. The van der Waals surface area contributed by atoms with E-state index in [-0.39, 0.29) is 0 Å². The summed E-state index contributed by atoms with van der Waals surface area (Å²) < 4.78 is 21.7. The van der Waals surface area contributed by atoms with Crippen molar-refractivity contribution in [2.75, 3.05) is 51.3 Å². The first kappa shape index (κ1) is 13.4. The van der Waals surface area contributed by atoms with Crippen molar-refractivity contribution in [1.82, 2.24) is 15.5 Å². The molecule has 16 heavy (non-hydrogen) atoms. The van der Waals surface area contributed by atoms with Crippen molar-refractivity contribution >= 4 is 15.7 Å². The first-order chi connectivity index (χ1) is 7.47.